The molecule has 2 amide bonds. The van der Waals surface area contributed by atoms with Crippen LogP contribution in [0.3, 0.4) is 0 Å². The maximum atomic E-state index is 12.0. The Labute approximate surface area is 151 Å². The van der Waals surface area contributed by atoms with Crippen LogP contribution in [-0.4, -0.2) is 41.8 Å². The van der Waals surface area contributed by atoms with Gasteiger partial charge in [0.2, 0.25) is 11.8 Å². The molecule has 26 heavy (non-hydrogen) atoms. The Balaban J connectivity index is 1.75. The third-order valence-electron chi connectivity index (χ3n) is 3.53. The highest BCUT2D eigenvalue weighted by Crippen LogP contribution is 2.17. The van der Waals surface area contributed by atoms with Crippen LogP contribution in [0.1, 0.15) is 6.42 Å². The smallest absolute Gasteiger partial charge is 0.271 e. The molecule has 2 N–H and O–H groups in total. The Morgan fingerprint density at radius 1 is 1.00 bits per heavy atom. The SMILES string of the molecule is CN(CCC(=O)Nc1cccc([N+](=O)[O-])c1)CC(=O)Nc1ccccc1. The number of hydrogen-bond acceptors (Lipinski definition) is 5. The molecule has 0 saturated carbocycles. The quantitative estimate of drug-likeness (QED) is 0.558. The maximum Gasteiger partial charge on any atom is 0.271 e. The number of para-hydroxylation sites is 1. The van der Waals surface area contributed by atoms with Gasteiger partial charge < -0.3 is 10.6 Å². The van der Waals surface area contributed by atoms with Gasteiger partial charge in [0.25, 0.3) is 5.69 Å². The van der Waals surface area contributed by atoms with Gasteiger partial charge in [0.15, 0.2) is 0 Å². The van der Waals surface area contributed by atoms with Gasteiger partial charge >= 0.3 is 0 Å². The van der Waals surface area contributed by atoms with Crippen molar-refractivity contribution in [3.63, 3.8) is 0 Å². The number of carbonyl (C=O) groups is 2. The van der Waals surface area contributed by atoms with E-state index in [1.807, 2.05) is 18.2 Å². The summed E-state index contributed by atoms with van der Waals surface area (Å²) in [4.78, 5) is 35.9. The average Bonchev–Trinajstić information content (AvgIpc) is 2.61. The van der Waals surface area contributed by atoms with E-state index >= 15 is 0 Å². The van der Waals surface area contributed by atoms with Gasteiger partial charge in [-0.2, -0.15) is 0 Å². The van der Waals surface area contributed by atoms with Gasteiger partial charge in [-0.3, -0.25) is 24.6 Å². The number of carbonyl (C=O) groups excluding carboxylic acids is 2. The molecule has 136 valence electrons. The summed E-state index contributed by atoms with van der Waals surface area (Å²) in [6.07, 6.45) is 0.164. The van der Waals surface area contributed by atoms with E-state index in [-0.39, 0.29) is 30.5 Å². The topological polar surface area (TPSA) is 105 Å². The van der Waals surface area contributed by atoms with Crippen LogP contribution >= 0.6 is 0 Å². The first-order chi connectivity index (χ1) is 12.4. The van der Waals surface area contributed by atoms with Crippen molar-refractivity contribution in [1.82, 2.24) is 4.90 Å². The number of nitro benzene ring substituents is 1. The number of benzene rings is 2. The monoisotopic (exact) mass is 356 g/mol. The van der Waals surface area contributed by atoms with E-state index in [0.717, 1.165) is 0 Å². The molecule has 0 aliphatic rings. The van der Waals surface area contributed by atoms with Crippen LogP contribution in [0.4, 0.5) is 17.1 Å². The summed E-state index contributed by atoms with van der Waals surface area (Å²) in [5.74, 6) is -0.446. The predicted octanol–water partition coefficient (Wildman–Crippen LogP) is 2.49. The minimum atomic E-state index is -0.519. The third-order valence-corrected chi connectivity index (χ3v) is 3.53. The molecule has 0 spiro atoms. The normalized spacial score (nSPS) is 10.4. The van der Waals surface area contributed by atoms with Gasteiger partial charge in [-0.15, -0.1) is 0 Å². The fraction of sp³-hybridized carbons (Fsp3) is 0.222. The van der Waals surface area contributed by atoms with Crippen LogP contribution in [0.25, 0.3) is 0 Å². The maximum absolute atomic E-state index is 12.0. The van der Waals surface area contributed by atoms with Crippen LogP contribution in [0.15, 0.2) is 54.6 Å². The molecule has 2 aromatic carbocycles. The summed E-state index contributed by atoms with van der Waals surface area (Å²) in [7, 11) is 1.74. The Hall–Kier alpha value is -3.26. The van der Waals surface area contributed by atoms with E-state index in [1.54, 1.807) is 30.1 Å². The standard InChI is InChI=1S/C18H20N4O4/c1-21(13-18(24)19-14-6-3-2-4-7-14)11-10-17(23)20-15-8-5-9-16(12-15)22(25)26/h2-9,12H,10-11,13H2,1H3,(H,19,24)(H,20,23). The van der Waals surface area contributed by atoms with Crippen LogP contribution in [-0.2, 0) is 9.59 Å². The minimum Gasteiger partial charge on any atom is -0.326 e. The highest BCUT2D eigenvalue weighted by molar-refractivity contribution is 5.92. The average molecular weight is 356 g/mol. The Morgan fingerprint density at radius 3 is 2.35 bits per heavy atom. The molecular formula is C18H20N4O4. The van der Waals surface area contributed by atoms with E-state index in [9.17, 15) is 19.7 Å². The number of non-ortho nitro benzene ring substituents is 1. The summed E-state index contributed by atoms with van der Waals surface area (Å²) in [5, 5.41) is 16.1. The Kier molecular flexibility index (Phi) is 6.81. The lowest BCUT2D eigenvalue weighted by Crippen LogP contribution is -2.32. The predicted molar refractivity (Wildman–Crippen MR) is 98.9 cm³/mol. The molecule has 8 heteroatoms. The Morgan fingerprint density at radius 2 is 1.65 bits per heavy atom. The number of nitro groups is 1. The van der Waals surface area contributed by atoms with Gasteiger partial charge in [-0.1, -0.05) is 24.3 Å². The minimum absolute atomic E-state index is 0.0856. The molecule has 0 bridgehead atoms. The largest absolute Gasteiger partial charge is 0.326 e. The van der Waals surface area contributed by atoms with Crippen molar-refractivity contribution in [2.45, 2.75) is 6.42 Å². The van der Waals surface area contributed by atoms with Crippen molar-refractivity contribution < 1.29 is 14.5 Å². The molecule has 0 aromatic heterocycles. The van der Waals surface area contributed by atoms with Crippen LogP contribution in [0.2, 0.25) is 0 Å². The molecule has 0 aliphatic heterocycles. The van der Waals surface area contributed by atoms with Gasteiger partial charge in [0, 0.05) is 36.5 Å². The molecular weight excluding hydrogens is 336 g/mol. The second-order valence-electron chi connectivity index (χ2n) is 5.76. The lowest BCUT2D eigenvalue weighted by atomic mass is 10.2. The van der Waals surface area contributed by atoms with Gasteiger partial charge in [-0.25, -0.2) is 0 Å². The number of nitrogens with zero attached hydrogens (tertiary/aromatic N) is 2. The van der Waals surface area contributed by atoms with Crippen molar-refractivity contribution in [2.24, 2.45) is 0 Å². The van der Waals surface area contributed by atoms with E-state index < -0.39 is 4.92 Å². The summed E-state index contributed by atoms with van der Waals surface area (Å²) in [6.45, 7) is 0.530. The molecule has 8 nitrogen and oxygen atoms in total. The van der Waals surface area contributed by atoms with Crippen LogP contribution in [0.5, 0.6) is 0 Å². The lowest BCUT2D eigenvalue weighted by molar-refractivity contribution is -0.384. The van der Waals surface area contributed by atoms with E-state index in [1.165, 1.54) is 18.2 Å². The highest BCUT2D eigenvalue weighted by atomic mass is 16.6. The summed E-state index contributed by atoms with van der Waals surface area (Å²) >= 11 is 0. The van der Waals surface area contributed by atoms with Gasteiger partial charge in [0.1, 0.15) is 0 Å². The molecule has 0 atom stereocenters. The second kappa shape index (κ2) is 9.28. The van der Waals surface area contributed by atoms with Crippen molar-refractivity contribution in [3.8, 4) is 0 Å². The van der Waals surface area contributed by atoms with Crippen molar-refractivity contribution >= 4 is 28.9 Å². The first-order valence-corrected chi connectivity index (χ1v) is 8.02. The van der Waals surface area contributed by atoms with Crippen LogP contribution in [0, 0.1) is 10.1 Å². The van der Waals surface area contributed by atoms with Gasteiger partial charge in [-0.05, 0) is 25.2 Å². The molecule has 0 radical (unpaired) electrons. The fourth-order valence-corrected chi connectivity index (χ4v) is 2.26. The Bertz CT molecular complexity index is 780. The summed E-state index contributed by atoms with van der Waals surface area (Å²) < 4.78 is 0. The van der Waals surface area contributed by atoms with Crippen molar-refractivity contribution in [1.29, 1.82) is 0 Å². The number of anilines is 2. The molecule has 0 fully saturated rings. The molecule has 0 heterocycles. The zero-order valence-corrected chi connectivity index (χ0v) is 14.3. The highest BCUT2D eigenvalue weighted by Gasteiger charge is 2.11. The number of nitrogens with one attached hydrogen (secondary N) is 2. The number of amides is 2. The molecule has 0 aliphatic carbocycles. The third kappa shape index (κ3) is 6.33. The molecule has 2 rings (SSSR count). The molecule has 2 aromatic rings. The molecule has 0 unspecified atom stereocenters. The van der Waals surface area contributed by atoms with Crippen molar-refractivity contribution in [3.05, 3.63) is 64.7 Å². The second-order valence-corrected chi connectivity index (χ2v) is 5.76. The van der Waals surface area contributed by atoms with Gasteiger partial charge in [0.05, 0.1) is 11.5 Å². The number of hydrogen-bond donors (Lipinski definition) is 2. The number of rotatable bonds is 8. The first kappa shape index (κ1) is 19.1. The lowest BCUT2D eigenvalue weighted by Gasteiger charge is -2.16. The van der Waals surface area contributed by atoms with E-state index in [4.69, 9.17) is 0 Å². The first-order valence-electron chi connectivity index (χ1n) is 8.02. The summed E-state index contributed by atoms with van der Waals surface area (Å²) in [6, 6.07) is 14.9. The molecule has 0 saturated heterocycles. The fourth-order valence-electron chi connectivity index (χ4n) is 2.26. The number of likely N-dealkylation sites (N-methyl/N-ethyl adjacent to an activating group) is 1. The van der Waals surface area contributed by atoms with E-state index in [0.29, 0.717) is 17.9 Å². The van der Waals surface area contributed by atoms with E-state index in [2.05, 4.69) is 10.6 Å². The van der Waals surface area contributed by atoms with Crippen molar-refractivity contribution in [2.75, 3.05) is 30.8 Å². The zero-order chi connectivity index (χ0) is 18.9. The summed E-state index contributed by atoms with van der Waals surface area (Å²) in [5.41, 5.74) is 1.00. The zero-order valence-electron chi connectivity index (χ0n) is 14.3. The van der Waals surface area contributed by atoms with Crippen LogP contribution < -0.4 is 10.6 Å².